The second-order valence-corrected chi connectivity index (χ2v) is 7.17. The standard InChI is InChI=1S/C22H16N2O6/c25-14-4-6-15-13(9-20(26)30-18(15)10-14)11-29-22(28)12-3-5-16-17(8-12)23-19-2-1-7-24(19)21(16)27/h3-6,8-10,25H,1-2,7,11H2. The van der Waals surface area contributed by atoms with Gasteiger partial charge in [0.25, 0.3) is 5.56 Å². The number of hydrogen-bond donors (Lipinski definition) is 1. The van der Waals surface area contributed by atoms with Gasteiger partial charge < -0.3 is 14.3 Å². The molecule has 5 rings (SSSR count). The van der Waals surface area contributed by atoms with Gasteiger partial charge in [-0.05, 0) is 36.8 Å². The van der Waals surface area contributed by atoms with Gasteiger partial charge in [0.15, 0.2) is 0 Å². The van der Waals surface area contributed by atoms with Gasteiger partial charge in [0.05, 0.1) is 16.5 Å². The molecular weight excluding hydrogens is 388 g/mol. The lowest BCUT2D eigenvalue weighted by molar-refractivity contribution is 0.0474. The zero-order valence-electron chi connectivity index (χ0n) is 15.8. The minimum Gasteiger partial charge on any atom is -0.508 e. The lowest BCUT2D eigenvalue weighted by atomic mass is 10.1. The smallest absolute Gasteiger partial charge is 0.338 e. The molecule has 0 amide bonds. The number of phenols is 1. The molecule has 1 N–H and O–H groups in total. The molecule has 2 aromatic carbocycles. The molecule has 0 spiro atoms. The summed E-state index contributed by atoms with van der Waals surface area (Å²) in [7, 11) is 0. The van der Waals surface area contributed by atoms with Crippen LogP contribution >= 0.6 is 0 Å². The average Bonchev–Trinajstić information content (AvgIpc) is 3.20. The fourth-order valence-corrected chi connectivity index (χ4v) is 3.78. The van der Waals surface area contributed by atoms with Gasteiger partial charge >= 0.3 is 11.6 Å². The number of benzene rings is 2. The molecule has 150 valence electrons. The molecule has 0 unspecified atom stereocenters. The predicted molar refractivity (Wildman–Crippen MR) is 108 cm³/mol. The molecule has 0 atom stereocenters. The van der Waals surface area contributed by atoms with Gasteiger partial charge in [0.2, 0.25) is 0 Å². The lowest BCUT2D eigenvalue weighted by Crippen LogP contribution is -2.21. The molecule has 0 radical (unpaired) electrons. The molecule has 30 heavy (non-hydrogen) atoms. The van der Waals surface area contributed by atoms with E-state index in [-0.39, 0.29) is 29.1 Å². The van der Waals surface area contributed by atoms with E-state index in [1.807, 2.05) is 0 Å². The molecule has 0 saturated carbocycles. The summed E-state index contributed by atoms with van der Waals surface area (Å²) >= 11 is 0. The molecule has 0 saturated heterocycles. The Hall–Kier alpha value is -3.94. The SMILES string of the molecule is O=C(OCc1cc(=O)oc2cc(O)ccc12)c1ccc2c(=O)n3c(nc2c1)CCC3. The number of fused-ring (bicyclic) bond motifs is 3. The maximum Gasteiger partial charge on any atom is 0.338 e. The summed E-state index contributed by atoms with van der Waals surface area (Å²) in [6.07, 6.45) is 1.61. The van der Waals surface area contributed by atoms with Gasteiger partial charge in [0.1, 0.15) is 23.8 Å². The third kappa shape index (κ3) is 3.02. The van der Waals surface area contributed by atoms with E-state index in [4.69, 9.17) is 9.15 Å². The molecule has 3 heterocycles. The molecule has 8 nitrogen and oxygen atoms in total. The number of rotatable bonds is 3. The summed E-state index contributed by atoms with van der Waals surface area (Å²) in [5.74, 6) is 0.0917. The van der Waals surface area contributed by atoms with E-state index in [0.29, 0.717) is 28.4 Å². The highest BCUT2D eigenvalue weighted by Crippen LogP contribution is 2.23. The normalized spacial score (nSPS) is 12.9. The van der Waals surface area contributed by atoms with Gasteiger partial charge in [-0.25, -0.2) is 14.6 Å². The van der Waals surface area contributed by atoms with E-state index >= 15 is 0 Å². The number of aryl methyl sites for hydroxylation is 1. The number of ether oxygens (including phenoxy) is 1. The number of aromatic hydroxyl groups is 1. The number of aromatic nitrogens is 2. The van der Waals surface area contributed by atoms with Crippen LogP contribution in [0.5, 0.6) is 5.75 Å². The van der Waals surface area contributed by atoms with Crippen molar-refractivity contribution in [1.82, 2.24) is 9.55 Å². The van der Waals surface area contributed by atoms with Crippen molar-refractivity contribution in [2.24, 2.45) is 0 Å². The number of nitrogens with zero attached hydrogens (tertiary/aromatic N) is 2. The molecular formula is C22H16N2O6. The predicted octanol–water partition coefficient (Wildman–Crippen LogP) is 2.51. The van der Waals surface area contributed by atoms with Crippen molar-refractivity contribution in [2.75, 3.05) is 0 Å². The Labute approximate surface area is 169 Å². The topological polar surface area (TPSA) is 112 Å². The van der Waals surface area contributed by atoms with Crippen molar-refractivity contribution in [2.45, 2.75) is 26.0 Å². The zero-order chi connectivity index (χ0) is 20.8. The Kier molecular flexibility index (Phi) is 4.13. The maximum absolute atomic E-state index is 12.6. The first-order valence-corrected chi connectivity index (χ1v) is 9.46. The largest absolute Gasteiger partial charge is 0.508 e. The van der Waals surface area contributed by atoms with Crippen molar-refractivity contribution in [3.05, 3.63) is 80.2 Å². The molecule has 0 aliphatic carbocycles. The van der Waals surface area contributed by atoms with Crippen LogP contribution in [0, 0.1) is 0 Å². The van der Waals surface area contributed by atoms with Crippen LogP contribution in [0.4, 0.5) is 0 Å². The molecule has 0 bridgehead atoms. The van der Waals surface area contributed by atoms with E-state index in [1.165, 1.54) is 24.3 Å². The Morgan fingerprint density at radius 1 is 1.13 bits per heavy atom. The van der Waals surface area contributed by atoms with Crippen LogP contribution in [0.25, 0.3) is 21.9 Å². The maximum atomic E-state index is 12.6. The molecule has 8 heteroatoms. The summed E-state index contributed by atoms with van der Waals surface area (Å²) in [5, 5.41) is 10.6. The summed E-state index contributed by atoms with van der Waals surface area (Å²) in [6.45, 7) is 0.516. The summed E-state index contributed by atoms with van der Waals surface area (Å²) < 4.78 is 12.1. The second-order valence-electron chi connectivity index (χ2n) is 7.17. The van der Waals surface area contributed by atoms with E-state index < -0.39 is 11.6 Å². The van der Waals surface area contributed by atoms with Gasteiger partial charge in [-0.3, -0.25) is 9.36 Å². The van der Waals surface area contributed by atoms with E-state index in [1.54, 1.807) is 22.8 Å². The number of carbonyl (C=O) groups is 1. The van der Waals surface area contributed by atoms with Crippen molar-refractivity contribution in [3.8, 4) is 5.75 Å². The fraction of sp³-hybridized carbons (Fsp3) is 0.182. The zero-order valence-corrected chi connectivity index (χ0v) is 15.8. The lowest BCUT2D eigenvalue weighted by Gasteiger charge is -2.09. The third-order valence-corrected chi connectivity index (χ3v) is 5.22. The Morgan fingerprint density at radius 3 is 2.83 bits per heavy atom. The molecule has 1 aliphatic heterocycles. The van der Waals surface area contributed by atoms with Gasteiger partial charge in [-0.2, -0.15) is 0 Å². The van der Waals surface area contributed by atoms with Crippen LogP contribution in [0.15, 0.2) is 56.5 Å². The third-order valence-electron chi connectivity index (χ3n) is 5.22. The molecule has 4 aromatic rings. The van der Waals surface area contributed by atoms with Crippen LogP contribution in [0.3, 0.4) is 0 Å². The first-order valence-electron chi connectivity index (χ1n) is 9.46. The van der Waals surface area contributed by atoms with Crippen molar-refractivity contribution < 1.29 is 19.1 Å². The van der Waals surface area contributed by atoms with Crippen LogP contribution in [0.1, 0.15) is 28.2 Å². The highest BCUT2D eigenvalue weighted by Gasteiger charge is 2.18. The first kappa shape index (κ1) is 18.1. The highest BCUT2D eigenvalue weighted by molar-refractivity contribution is 5.94. The number of esters is 1. The fourth-order valence-electron chi connectivity index (χ4n) is 3.78. The number of hydrogen-bond acceptors (Lipinski definition) is 7. The van der Waals surface area contributed by atoms with Crippen LogP contribution in [0.2, 0.25) is 0 Å². The number of phenolic OH excluding ortho intramolecular Hbond substituents is 1. The van der Waals surface area contributed by atoms with Gasteiger partial charge in [0, 0.05) is 36.0 Å². The van der Waals surface area contributed by atoms with E-state index in [2.05, 4.69) is 4.98 Å². The van der Waals surface area contributed by atoms with E-state index in [9.17, 15) is 19.5 Å². The van der Waals surface area contributed by atoms with Crippen molar-refractivity contribution >= 4 is 27.8 Å². The van der Waals surface area contributed by atoms with Gasteiger partial charge in [-0.15, -0.1) is 0 Å². The summed E-state index contributed by atoms with van der Waals surface area (Å²) in [4.78, 5) is 41.4. The van der Waals surface area contributed by atoms with Crippen LogP contribution in [-0.2, 0) is 24.3 Å². The monoisotopic (exact) mass is 404 g/mol. The Morgan fingerprint density at radius 2 is 1.97 bits per heavy atom. The Balaban J connectivity index is 1.44. The Bertz CT molecular complexity index is 1450. The van der Waals surface area contributed by atoms with E-state index in [0.717, 1.165) is 18.7 Å². The molecule has 2 aromatic heterocycles. The summed E-state index contributed by atoms with van der Waals surface area (Å²) in [5.41, 5.74) is 0.690. The summed E-state index contributed by atoms with van der Waals surface area (Å²) in [6, 6.07) is 10.3. The average molecular weight is 404 g/mol. The number of carbonyl (C=O) groups excluding carboxylic acids is 1. The minimum absolute atomic E-state index is 0.0363. The second kappa shape index (κ2) is 6.84. The van der Waals surface area contributed by atoms with Crippen LogP contribution in [-0.4, -0.2) is 20.6 Å². The minimum atomic E-state index is -0.608. The van der Waals surface area contributed by atoms with Crippen molar-refractivity contribution in [1.29, 1.82) is 0 Å². The highest BCUT2D eigenvalue weighted by atomic mass is 16.5. The molecule has 0 fully saturated rings. The molecule has 1 aliphatic rings. The van der Waals surface area contributed by atoms with Gasteiger partial charge in [-0.1, -0.05) is 0 Å². The van der Waals surface area contributed by atoms with Crippen LogP contribution < -0.4 is 11.2 Å². The van der Waals surface area contributed by atoms with Crippen molar-refractivity contribution in [3.63, 3.8) is 0 Å². The quantitative estimate of drug-likeness (QED) is 0.412. The first-order chi connectivity index (χ1) is 14.5.